The molecule has 0 radical (unpaired) electrons. The lowest BCUT2D eigenvalue weighted by molar-refractivity contribution is -0.136. The van der Waals surface area contributed by atoms with Gasteiger partial charge < -0.3 is 14.2 Å². The van der Waals surface area contributed by atoms with Crippen LogP contribution in [0, 0.1) is 0 Å². The third-order valence-corrected chi connectivity index (χ3v) is 1.73. The van der Waals surface area contributed by atoms with E-state index in [-0.39, 0.29) is 12.1 Å². The number of carbonyl (C=O) groups is 1. The summed E-state index contributed by atoms with van der Waals surface area (Å²) in [5.41, 5.74) is 0.444. The standard InChI is InChI=1S/C9H14O4/c1-7(9(10)11-2)3-4-12-5-8-6-13-8/h8H,1,3-6H2,2H3. The van der Waals surface area contributed by atoms with E-state index in [1.165, 1.54) is 7.11 Å². The highest BCUT2D eigenvalue weighted by atomic mass is 16.6. The van der Waals surface area contributed by atoms with Crippen LogP contribution >= 0.6 is 0 Å². The molecule has 4 heteroatoms. The molecule has 0 aromatic carbocycles. The van der Waals surface area contributed by atoms with Crippen molar-refractivity contribution in [1.82, 2.24) is 0 Å². The number of hydrogen-bond donors (Lipinski definition) is 0. The zero-order chi connectivity index (χ0) is 9.68. The van der Waals surface area contributed by atoms with Crippen molar-refractivity contribution < 1.29 is 19.0 Å². The van der Waals surface area contributed by atoms with Gasteiger partial charge in [0.1, 0.15) is 6.10 Å². The number of esters is 1. The van der Waals surface area contributed by atoms with Gasteiger partial charge in [-0.3, -0.25) is 0 Å². The van der Waals surface area contributed by atoms with Gasteiger partial charge in [0.25, 0.3) is 0 Å². The molecule has 1 saturated heterocycles. The fraction of sp³-hybridized carbons (Fsp3) is 0.667. The summed E-state index contributed by atoms with van der Waals surface area (Å²) in [5, 5.41) is 0. The number of rotatable bonds is 6. The maximum absolute atomic E-state index is 10.9. The first kappa shape index (κ1) is 10.2. The Morgan fingerprint density at radius 1 is 1.69 bits per heavy atom. The Kier molecular flexibility index (Phi) is 3.92. The van der Waals surface area contributed by atoms with Gasteiger partial charge in [0.2, 0.25) is 0 Å². The topological polar surface area (TPSA) is 48.1 Å². The first-order valence-electron chi connectivity index (χ1n) is 4.19. The van der Waals surface area contributed by atoms with Crippen LogP contribution in [0.4, 0.5) is 0 Å². The Bertz CT molecular complexity index is 196. The van der Waals surface area contributed by atoms with Crippen molar-refractivity contribution in [1.29, 1.82) is 0 Å². The van der Waals surface area contributed by atoms with E-state index < -0.39 is 0 Å². The third kappa shape index (κ3) is 4.05. The second-order valence-electron chi connectivity index (χ2n) is 2.88. The van der Waals surface area contributed by atoms with Gasteiger partial charge >= 0.3 is 5.97 Å². The van der Waals surface area contributed by atoms with Crippen LogP contribution in [-0.2, 0) is 19.0 Å². The van der Waals surface area contributed by atoms with E-state index in [1.54, 1.807) is 0 Å². The molecule has 1 aliphatic heterocycles. The highest BCUT2D eigenvalue weighted by Gasteiger charge is 2.22. The molecule has 0 aliphatic carbocycles. The van der Waals surface area contributed by atoms with Gasteiger partial charge in [-0.15, -0.1) is 0 Å². The van der Waals surface area contributed by atoms with Crippen molar-refractivity contribution in [3.63, 3.8) is 0 Å². The first-order chi connectivity index (χ1) is 6.24. The number of hydrogen-bond acceptors (Lipinski definition) is 4. The van der Waals surface area contributed by atoms with Crippen LogP contribution in [0.1, 0.15) is 6.42 Å². The van der Waals surface area contributed by atoms with E-state index >= 15 is 0 Å². The van der Waals surface area contributed by atoms with Crippen molar-refractivity contribution >= 4 is 5.97 Å². The third-order valence-electron chi connectivity index (χ3n) is 1.73. The maximum Gasteiger partial charge on any atom is 0.333 e. The molecule has 1 heterocycles. The highest BCUT2D eigenvalue weighted by Crippen LogP contribution is 2.09. The molecule has 0 aromatic rings. The van der Waals surface area contributed by atoms with E-state index in [0.29, 0.717) is 25.2 Å². The lowest BCUT2D eigenvalue weighted by atomic mass is 10.2. The Labute approximate surface area is 77.5 Å². The van der Waals surface area contributed by atoms with Crippen LogP contribution in [0.5, 0.6) is 0 Å². The molecule has 1 rings (SSSR count). The predicted molar refractivity (Wildman–Crippen MR) is 46.3 cm³/mol. The van der Waals surface area contributed by atoms with E-state index in [2.05, 4.69) is 11.3 Å². The summed E-state index contributed by atoms with van der Waals surface area (Å²) < 4.78 is 14.7. The summed E-state index contributed by atoms with van der Waals surface area (Å²) in [6.07, 6.45) is 0.783. The summed E-state index contributed by atoms with van der Waals surface area (Å²) in [6.45, 7) is 5.46. The van der Waals surface area contributed by atoms with Crippen LogP contribution in [0.25, 0.3) is 0 Å². The summed E-state index contributed by atoms with van der Waals surface area (Å²) >= 11 is 0. The quantitative estimate of drug-likeness (QED) is 0.262. The Hall–Kier alpha value is -0.870. The van der Waals surface area contributed by atoms with Gasteiger partial charge in [-0.05, 0) is 0 Å². The molecule has 4 nitrogen and oxygen atoms in total. The molecule has 0 spiro atoms. The lowest BCUT2D eigenvalue weighted by Gasteiger charge is -2.03. The summed E-state index contributed by atoms with van der Waals surface area (Å²) in [6, 6.07) is 0. The molecule has 74 valence electrons. The van der Waals surface area contributed by atoms with Gasteiger partial charge in [-0.2, -0.15) is 0 Å². The van der Waals surface area contributed by atoms with Crippen molar-refractivity contribution in [2.45, 2.75) is 12.5 Å². The second-order valence-corrected chi connectivity index (χ2v) is 2.88. The molecule has 1 aliphatic rings. The molecule has 0 N–H and O–H groups in total. The average molecular weight is 186 g/mol. The van der Waals surface area contributed by atoms with Crippen LogP contribution in [0.2, 0.25) is 0 Å². The van der Waals surface area contributed by atoms with E-state index in [4.69, 9.17) is 9.47 Å². The predicted octanol–water partition coefficient (Wildman–Crippen LogP) is 0.521. The summed E-state index contributed by atoms with van der Waals surface area (Å²) in [7, 11) is 1.34. The van der Waals surface area contributed by atoms with E-state index in [0.717, 1.165) is 6.61 Å². The minimum Gasteiger partial charge on any atom is -0.466 e. The fourth-order valence-corrected chi connectivity index (χ4v) is 0.821. The molecule has 0 saturated carbocycles. The normalized spacial score (nSPS) is 19.6. The van der Waals surface area contributed by atoms with Gasteiger partial charge in [-0.25, -0.2) is 4.79 Å². The zero-order valence-corrected chi connectivity index (χ0v) is 7.75. The Morgan fingerprint density at radius 3 is 2.92 bits per heavy atom. The first-order valence-corrected chi connectivity index (χ1v) is 4.19. The minimum absolute atomic E-state index is 0.270. The second kappa shape index (κ2) is 4.99. The van der Waals surface area contributed by atoms with Gasteiger partial charge in [0.15, 0.2) is 0 Å². The molecule has 0 aromatic heterocycles. The van der Waals surface area contributed by atoms with Crippen LogP contribution in [0.3, 0.4) is 0 Å². The minimum atomic E-state index is -0.369. The molecular weight excluding hydrogens is 172 g/mol. The molecule has 0 bridgehead atoms. The Morgan fingerprint density at radius 2 is 2.38 bits per heavy atom. The molecule has 1 unspecified atom stereocenters. The average Bonchev–Trinajstić information content (AvgIpc) is 2.94. The molecule has 13 heavy (non-hydrogen) atoms. The van der Waals surface area contributed by atoms with Crippen LogP contribution < -0.4 is 0 Å². The monoisotopic (exact) mass is 186 g/mol. The van der Waals surface area contributed by atoms with Crippen molar-refractivity contribution in [2.24, 2.45) is 0 Å². The molecule has 1 fully saturated rings. The molecule has 0 amide bonds. The van der Waals surface area contributed by atoms with Crippen molar-refractivity contribution in [3.8, 4) is 0 Å². The maximum atomic E-state index is 10.9. The number of carbonyl (C=O) groups excluding carboxylic acids is 1. The number of epoxide rings is 1. The fourth-order valence-electron chi connectivity index (χ4n) is 0.821. The smallest absolute Gasteiger partial charge is 0.333 e. The van der Waals surface area contributed by atoms with E-state index in [9.17, 15) is 4.79 Å². The van der Waals surface area contributed by atoms with Gasteiger partial charge in [0.05, 0.1) is 26.9 Å². The van der Waals surface area contributed by atoms with Gasteiger partial charge in [0, 0.05) is 12.0 Å². The van der Waals surface area contributed by atoms with Crippen LogP contribution in [0.15, 0.2) is 12.2 Å². The van der Waals surface area contributed by atoms with Crippen molar-refractivity contribution in [2.75, 3.05) is 26.9 Å². The Balaban J connectivity index is 1.97. The number of methoxy groups -OCH3 is 1. The molecular formula is C9H14O4. The number of ether oxygens (including phenoxy) is 3. The van der Waals surface area contributed by atoms with E-state index in [1.807, 2.05) is 0 Å². The van der Waals surface area contributed by atoms with Crippen molar-refractivity contribution in [3.05, 3.63) is 12.2 Å². The highest BCUT2D eigenvalue weighted by molar-refractivity contribution is 5.87. The summed E-state index contributed by atoms with van der Waals surface area (Å²) in [5.74, 6) is -0.369. The lowest BCUT2D eigenvalue weighted by Crippen LogP contribution is -2.08. The van der Waals surface area contributed by atoms with Gasteiger partial charge in [-0.1, -0.05) is 6.58 Å². The summed E-state index contributed by atoms with van der Waals surface area (Å²) in [4.78, 5) is 10.9. The molecule has 1 atom stereocenters. The zero-order valence-electron chi connectivity index (χ0n) is 7.75. The largest absolute Gasteiger partial charge is 0.466 e. The van der Waals surface area contributed by atoms with Crippen LogP contribution in [-0.4, -0.2) is 39.0 Å². The SMILES string of the molecule is C=C(CCOCC1CO1)C(=O)OC.